The minimum absolute atomic E-state index is 0.0633. The lowest BCUT2D eigenvalue weighted by molar-refractivity contribution is -0.148. The van der Waals surface area contributed by atoms with Crippen molar-refractivity contribution in [2.45, 2.75) is 91.2 Å². The molecule has 4 aliphatic rings. The zero-order chi connectivity index (χ0) is 21.7. The quantitative estimate of drug-likeness (QED) is 0.504. The third-order valence-electron chi connectivity index (χ3n) is 9.60. The van der Waals surface area contributed by atoms with Crippen molar-refractivity contribution in [2.75, 3.05) is 7.11 Å². The number of rotatable bonds is 3. The second-order valence-electron chi connectivity index (χ2n) is 10.9. The normalized spacial score (nSPS) is 43.4. The van der Waals surface area contributed by atoms with E-state index in [0.717, 1.165) is 43.4 Å². The summed E-state index contributed by atoms with van der Waals surface area (Å²) < 4.78 is 10.4. The Hall–Kier alpha value is -1.52. The molecular formula is C25H39NO4. The topological polar surface area (TPSA) is 64.6 Å². The average molecular weight is 418 g/mol. The summed E-state index contributed by atoms with van der Waals surface area (Å²) in [5.41, 5.74) is 2.09. The van der Waals surface area contributed by atoms with Gasteiger partial charge in [0, 0.05) is 19.4 Å². The molecule has 5 nitrogen and oxygen atoms in total. The van der Waals surface area contributed by atoms with Crippen molar-refractivity contribution >= 4 is 12.1 Å². The van der Waals surface area contributed by atoms with E-state index in [1.165, 1.54) is 39.7 Å². The summed E-state index contributed by atoms with van der Waals surface area (Å²) >= 11 is 0. The summed E-state index contributed by atoms with van der Waals surface area (Å²) in [6.45, 7) is 8.64. The summed E-state index contributed by atoms with van der Waals surface area (Å²) in [6, 6.07) is 0.147. The third-order valence-corrected chi connectivity index (χ3v) is 9.60. The van der Waals surface area contributed by atoms with E-state index >= 15 is 0 Å². The van der Waals surface area contributed by atoms with Gasteiger partial charge in [-0.05, 0) is 86.4 Å². The molecule has 0 bridgehead atoms. The number of carbonyl (C=O) groups excluding carboxylic acids is 2. The lowest BCUT2D eigenvalue weighted by Gasteiger charge is -2.58. The van der Waals surface area contributed by atoms with Crippen LogP contribution >= 0.6 is 0 Å². The first kappa shape index (κ1) is 21.7. The van der Waals surface area contributed by atoms with E-state index in [2.05, 4.69) is 32.2 Å². The van der Waals surface area contributed by atoms with Crippen LogP contribution in [-0.4, -0.2) is 31.3 Å². The minimum atomic E-state index is -0.314. The summed E-state index contributed by atoms with van der Waals surface area (Å²) in [4.78, 5) is 23.2. The van der Waals surface area contributed by atoms with E-state index in [4.69, 9.17) is 9.47 Å². The van der Waals surface area contributed by atoms with Crippen LogP contribution in [0.1, 0.15) is 79.1 Å². The maximum Gasteiger partial charge on any atom is 0.407 e. The number of methoxy groups -OCH3 is 1. The van der Waals surface area contributed by atoms with Gasteiger partial charge in [-0.25, -0.2) is 4.79 Å². The number of carbonyl (C=O) groups is 2. The molecule has 4 aliphatic carbocycles. The highest BCUT2D eigenvalue weighted by atomic mass is 16.5. The molecule has 0 saturated heterocycles. The first-order valence-electron chi connectivity index (χ1n) is 11.9. The van der Waals surface area contributed by atoms with Crippen molar-refractivity contribution < 1.29 is 19.1 Å². The molecule has 0 aromatic carbocycles. The number of amides is 1. The molecule has 0 aliphatic heterocycles. The third kappa shape index (κ3) is 3.46. The van der Waals surface area contributed by atoms with E-state index < -0.39 is 0 Å². The fraction of sp³-hybridized carbons (Fsp3) is 0.840. The first-order valence-corrected chi connectivity index (χ1v) is 11.9. The van der Waals surface area contributed by atoms with Crippen LogP contribution in [0.3, 0.4) is 0 Å². The van der Waals surface area contributed by atoms with Gasteiger partial charge in [0.05, 0.1) is 7.11 Å². The minimum Gasteiger partial charge on any atom is -0.462 e. The molecule has 0 radical (unpaired) electrons. The summed E-state index contributed by atoms with van der Waals surface area (Å²) in [6.07, 6.45) is 11.4. The predicted molar refractivity (Wildman–Crippen MR) is 116 cm³/mol. The Kier molecular flexibility index (Phi) is 5.69. The molecule has 3 fully saturated rings. The Morgan fingerprint density at radius 2 is 1.90 bits per heavy atom. The molecule has 5 heteroatoms. The number of allylic oxidation sites excluding steroid dienone is 1. The molecule has 0 aromatic rings. The Labute approximate surface area is 181 Å². The van der Waals surface area contributed by atoms with Crippen LogP contribution in [0.25, 0.3) is 0 Å². The van der Waals surface area contributed by atoms with Crippen LogP contribution < -0.4 is 5.32 Å². The SMILES string of the molecule is COC(=O)N[C@@H](C)[C@H]1CC[C@H]2[C@H]3CC=C4C[C@@H](OC(C)=O)CC[C@]4(C)[C@@H]3CC[C@]12C. The Morgan fingerprint density at radius 1 is 1.13 bits per heavy atom. The second kappa shape index (κ2) is 7.87. The van der Waals surface area contributed by atoms with E-state index in [0.29, 0.717) is 5.92 Å². The largest absolute Gasteiger partial charge is 0.462 e. The lowest BCUT2D eigenvalue weighted by Crippen LogP contribution is -2.52. The zero-order valence-corrected chi connectivity index (χ0v) is 19.3. The van der Waals surface area contributed by atoms with Crippen molar-refractivity contribution in [2.24, 2.45) is 34.5 Å². The van der Waals surface area contributed by atoms with Crippen LogP contribution in [0.4, 0.5) is 4.79 Å². The van der Waals surface area contributed by atoms with Gasteiger partial charge in [-0.3, -0.25) is 4.79 Å². The first-order chi connectivity index (χ1) is 14.2. The predicted octanol–water partition coefficient (Wildman–Crippen LogP) is 5.24. The smallest absolute Gasteiger partial charge is 0.407 e. The number of hydrogen-bond donors (Lipinski definition) is 1. The maximum absolute atomic E-state index is 11.8. The van der Waals surface area contributed by atoms with E-state index in [9.17, 15) is 9.59 Å². The Bertz CT molecular complexity index is 733. The summed E-state index contributed by atoms with van der Waals surface area (Å²) in [5, 5.41) is 3.06. The number of esters is 1. The monoisotopic (exact) mass is 417 g/mol. The molecule has 0 heterocycles. The van der Waals surface area contributed by atoms with Crippen molar-refractivity contribution in [3.63, 3.8) is 0 Å². The molecule has 0 unspecified atom stereocenters. The maximum atomic E-state index is 11.8. The molecule has 0 aromatic heterocycles. The Morgan fingerprint density at radius 3 is 2.60 bits per heavy atom. The van der Waals surface area contributed by atoms with E-state index in [1.54, 1.807) is 5.57 Å². The summed E-state index contributed by atoms with van der Waals surface area (Å²) in [5.74, 6) is 2.55. The van der Waals surface area contributed by atoms with Gasteiger partial charge in [-0.2, -0.15) is 0 Å². The molecule has 0 spiro atoms. The molecular weight excluding hydrogens is 378 g/mol. The molecule has 8 atom stereocenters. The highest BCUT2D eigenvalue weighted by Gasteiger charge is 2.59. The lowest BCUT2D eigenvalue weighted by atomic mass is 9.47. The van der Waals surface area contributed by atoms with E-state index in [1.807, 2.05) is 0 Å². The van der Waals surface area contributed by atoms with Crippen LogP contribution in [0.5, 0.6) is 0 Å². The molecule has 30 heavy (non-hydrogen) atoms. The number of nitrogens with one attached hydrogen (secondary N) is 1. The number of fused-ring (bicyclic) bond motifs is 5. The second-order valence-corrected chi connectivity index (χ2v) is 10.9. The fourth-order valence-electron chi connectivity index (χ4n) is 8.17. The molecule has 3 saturated carbocycles. The van der Waals surface area contributed by atoms with Gasteiger partial charge >= 0.3 is 12.1 Å². The summed E-state index contributed by atoms with van der Waals surface area (Å²) in [7, 11) is 1.44. The molecule has 1 N–H and O–H groups in total. The van der Waals surface area contributed by atoms with Gasteiger partial charge in [0.25, 0.3) is 0 Å². The van der Waals surface area contributed by atoms with Gasteiger partial charge < -0.3 is 14.8 Å². The number of hydrogen-bond acceptors (Lipinski definition) is 4. The van der Waals surface area contributed by atoms with Crippen molar-refractivity contribution in [1.29, 1.82) is 0 Å². The average Bonchev–Trinajstić information content (AvgIpc) is 3.05. The van der Waals surface area contributed by atoms with Crippen LogP contribution in [0.15, 0.2) is 11.6 Å². The van der Waals surface area contributed by atoms with Crippen molar-refractivity contribution in [3.8, 4) is 0 Å². The standard InChI is InChI=1S/C25H39NO4/c1-15(26-23(28)29-5)20-8-9-21-19-7-6-17-14-18(30-16(2)27)10-12-24(17,3)22(19)11-13-25(20,21)4/h6,15,18-22H,7-14H2,1-5H3,(H,26,28)/t15-,18-,19+,20+,21-,22+,24-,25+/m0/s1. The van der Waals surface area contributed by atoms with Gasteiger partial charge in [0.15, 0.2) is 0 Å². The van der Waals surface area contributed by atoms with Gasteiger partial charge in [0.2, 0.25) is 0 Å². The fourth-order valence-corrected chi connectivity index (χ4v) is 8.17. The van der Waals surface area contributed by atoms with Crippen molar-refractivity contribution in [1.82, 2.24) is 5.32 Å². The highest BCUT2D eigenvalue weighted by Crippen LogP contribution is 2.66. The zero-order valence-electron chi connectivity index (χ0n) is 19.3. The van der Waals surface area contributed by atoms with Crippen LogP contribution in [0, 0.1) is 34.5 Å². The number of alkyl carbamates (subject to hydrolysis) is 1. The highest BCUT2D eigenvalue weighted by molar-refractivity contribution is 5.67. The van der Waals surface area contributed by atoms with Crippen LogP contribution in [0.2, 0.25) is 0 Å². The van der Waals surface area contributed by atoms with Crippen molar-refractivity contribution in [3.05, 3.63) is 11.6 Å². The number of ether oxygens (including phenoxy) is 2. The van der Waals surface area contributed by atoms with Gasteiger partial charge in [-0.15, -0.1) is 0 Å². The Balaban J connectivity index is 1.52. The van der Waals surface area contributed by atoms with E-state index in [-0.39, 0.29) is 35.0 Å². The molecule has 168 valence electrons. The molecule has 4 rings (SSSR count). The molecule has 1 amide bonds. The van der Waals surface area contributed by atoms with Crippen LogP contribution in [-0.2, 0) is 14.3 Å². The van der Waals surface area contributed by atoms with Gasteiger partial charge in [0.1, 0.15) is 6.10 Å². The van der Waals surface area contributed by atoms with Gasteiger partial charge in [-0.1, -0.05) is 25.5 Å².